The molecule has 0 saturated heterocycles. The minimum atomic E-state index is -1.04. The van der Waals surface area contributed by atoms with Crippen LogP contribution in [0.3, 0.4) is 0 Å². The second-order valence-electron chi connectivity index (χ2n) is 10.6. The topological polar surface area (TPSA) is 105 Å². The molecule has 1 fully saturated rings. The number of hydrogen-bond donors (Lipinski definition) is 3. The van der Waals surface area contributed by atoms with E-state index in [1.54, 1.807) is 20.8 Å². The van der Waals surface area contributed by atoms with Crippen LogP contribution < -0.4 is 10.6 Å². The quantitative estimate of drug-likeness (QED) is 0.541. The fourth-order valence-electron chi connectivity index (χ4n) is 5.39. The molecule has 3 atom stereocenters. The third kappa shape index (κ3) is 5.34. The molecule has 2 aliphatic carbocycles. The van der Waals surface area contributed by atoms with Gasteiger partial charge in [-0.3, -0.25) is 4.79 Å². The summed E-state index contributed by atoms with van der Waals surface area (Å²) in [6, 6.07) is 15.4. The minimum absolute atomic E-state index is 0.0106. The van der Waals surface area contributed by atoms with Crippen LogP contribution in [-0.4, -0.2) is 42.3 Å². The van der Waals surface area contributed by atoms with Crippen molar-refractivity contribution in [3.8, 4) is 11.1 Å². The van der Waals surface area contributed by atoms with Gasteiger partial charge in [-0.15, -0.1) is 0 Å². The molecule has 2 amide bonds. The number of alkyl carbamates (subject to hydrolysis) is 1. The lowest BCUT2D eigenvalue weighted by molar-refractivity contribution is -0.145. The molecule has 0 heterocycles. The molecular weight excluding hydrogens is 444 g/mol. The molecule has 0 radical (unpaired) electrons. The summed E-state index contributed by atoms with van der Waals surface area (Å²) in [5.41, 5.74) is 4.05. The number of ether oxygens (including phenoxy) is 1. The Morgan fingerprint density at radius 3 is 2.17 bits per heavy atom. The van der Waals surface area contributed by atoms with Gasteiger partial charge in [-0.2, -0.15) is 0 Å². The van der Waals surface area contributed by atoms with E-state index in [0.29, 0.717) is 13.0 Å². The lowest BCUT2D eigenvalue weighted by Gasteiger charge is -2.30. The molecule has 2 aliphatic rings. The van der Waals surface area contributed by atoms with Gasteiger partial charge in [0.25, 0.3) is 0 Å². The second kappa shape index (κ2) is 10.1. The number of fused-ring (bicyclic) bond motifs is 3. The Kier molecular flexibility index (Phi) is 7.15. The summed E-state index contributed by atoms with van der Waals surface area (Å²) in [6.07, 6.45) is 1.84. The van der Waals surface area contributed by atoms with Crippen molar-refractivity contribution in [3.63, 3.8) is 0 Å². The Morgan fingerprint density at radius 1 is 1.00 bits per heavy atom. The summed E-state index contributed by atoms with van der Waals surface area (Å²) in [6.45, 7) is 5.92. The molecule has 1 saturated carbocycles. The average molecular weight is 479 g/mol. The van der Waals surface area contributed by atoms with Gasteiger partial charge in [-0.05, 0) is 46.4 Å². The zero-order valence-electron chi connectivity index (χ0n) is 20.5. The van der Waals surface area contributed by atoms with Crippen molar-refractivity contribution in [1.29, 1.82) is 0 Å². The van der Waals surface area contributed by atoms with Crippen molar-refractivity contribution in [2.75, 3.05) is 13.2 Å². The number of rotatable bonds is 7. The second-order valence-corrected chi connectivity index (χ2v) is 10.6. The number of carboxylic acid groups (broad SMARTS) is 1. The molecule has 0 bridgehead atoms. The maximum Gasteiger partial charge on any atom is 0.407 e. The van der Waals surface area contributed by atoms with E-state index in [4.69, 9.17) is 4.74 Å². The Hall–Kier alpha value is -3.35. The van der Waals surface area contributed by atoms with E-state index in [2.05, 4.69) is 34.9 Å². The van der Waals surface area contributed by atoms with Crippen LogP contribution in [0.5, 0.6) is 0 Å². The number of carbonyl (C=O) groups is 3. The van der Waals surface area contributed by atoms with Crippen molar-refractivity contribution >= 4 is 18.0 Å². The predicted octanol–water partition coefficient (Wildman–Crippen LogP) is 4.56. The smallest absolute Gasteiger partial charge is 0.407 e. The molecule has 35 heavy (non-hydrogen) atoms. The van der Waals surface area contributed by atoms with Crippen LogP contribution in [0, 0.1) is 17.3 Å². The highest BCUT2D eigenvalue weighted by Gasteiger charge is 2.38. The van der Waals surface area contributed by atoms with Gasteiger partial charge in [0.05, 0.1) is 0 Å². The molecule has 0 spiro atoms. The standard InChI is InChI=1S/C28H34N2O5/c1-28(2,3)24(26(32)33)30-25(31)18-14-8-9-17(18)15-29-27(34)35-16-23-21-12-6-4-10-19(21)20-11-5-7-13-22(20)23/h4-7,10-13,17-18,23-24H,8-9,14-16H2,1-3H3,(H,29,34)(H,30,31)(H,32,33)/t17?,18?,24-/m1/s1. The lowest BCUT2D eigenvalue weighted by atomic mass is 9.85. The highest BCUT2D eigenvalue weighted by molar-refractivity contribution is 5.86. The highest BCUT2D eigenvalue weighted by atomic mass is 16.5. The van der Waals surface area contributed by atoms with E-state index in [1.165, 1.54) is 11.1 Å². The Morgan fingerprint density at radius 2 is 1.60 bits per heavy atom. The number of carboxylic acids is 1. The van der Waals surface area contributed by atoms with Gasteiger partial charge in [0.15, 0.2) is 0 Å². The van der Waals surface area contributed by atoms with Gasteiger partial charge in [-0.1, -0.05) is 75.7 Å². The molecule has 7 nitrogen and oxygen atoms in total. The lowest BCUT2D eigenvalue weighted by Crippen LogP contribution is -2.51. The first kappa shape index (κ1) is 24.8. The summed E-state index contributed by atoms with van der Waals surface area (Å²) >= 11 is 0. The van der Waals surface area contributed by atoms with Crippen LogP contribution in [0.4, 0.5) is 4.79 Å². The largest absolute Gasteiger partial charge is 0.480 e. The number of hydrogen-bond acceptors (Lipinski definition) is 4. The molecule has 0 aromatic heterocycles. The SMILES string of the molecule is CC(C)(C)[C@H](NC(=O)C1CCCC1CNC(=O)OCC1c2ccccc2-c2ccccc21)C(=O)O. The Bertz CT molecular complexity index is 1060. The van der Waals surface area contributed by atoms with Gasteiger partial charge in [0.1, 0.15) is 12.6 Å². The van der Waals surface area contributed by atoms with Gasteiger partial charge in [0, 0.05) is 18.4 Å². The number of aliphatic carboxylic acids is 1. The molecule has 186 valence electrons. The third-order valence-corrected chi connectivity index (χ3v) is 7.25. The van der Waals surface area contributed by atoms with Crippen molar-refractivity contribution in [3.05, 3.63) is 59.7 Å². The number of amides is 2. The monoisotopic (exact) mass is 478 g/mol. The van der Waals surface area contributed by atoms with Crippen LogP contribution in [0.1, 0.15) is 57.1 Å². The van der Waals surface area contributed by atoms with E-state index in [1.807, 2.05) is 24.3 Å². The summed E-state index contributed by atoms with van der Waals surface area (Å²) < 4.78 is 5.61. The first-order chi connectivity index (χ1) is 16.7. The van der Waals surface area contributed by atoms with E-state index < -0.39 is 23.5 Å². The van der Waals surface area contributed by atoms with Crippen molar-refractivity contribution in [1.82, 2.24) is 10.6 Å². The number of carbonyl (C=O) groups excluding carboxylic acids is 2. The molecule has 4 rings (SSSR count). The summed E-state index contributed by atoms with van der Waals surface area (Å²) in [4.78, 5) is 37.1. The first-order valence-electron chi connectivity index (χ1n) is 12.3. The fraction of sp³-hybridized carbons (Fsp3) is 0.464. The molecule has 2 aromatic rings. The zero-order chi connectivity index (χ0) is 25.2. The summed E-state index contributed by atoms with van der Waals surface area (Å²) in [5.74, 6) is -1.69. The summed E-state index contributed by atoms with van der Waals surface area (Å²) in [7, 11) is 0. The van der Waals surface area contributed by atoms with Crippen molar-refractivity contribution in [2.45, 2.75) is 52.0 Å². The normalized spacial score (nSPS) is 20.0. The van der Waals surface area contributed by atoms with Gasteiger partial charge < -0.3 is 20.5 Å². The average Bonchev–Trinajstić information content (AvgIpc) is 3.41. The van der Waals surface area contributed by atoms with E-state index in [-0.39, 0.29) is 30.3 Å². The van der Waals surface area contributed by atoms with Gasteiger partial charge >= 0.3 is 12.1 Å². The van der Waals surface area contributed by atoms with Crippen LogP contribution in [0.2, 0.25) is 0 Å². The van der Waals surface area contributed by atoms with Crippen molar-refractivity contribution in [2.24, 2.45) is 17.3 Å². The maximum absolute atomic E-state index is 12.9. The molecule has 7 heteroatoms. The number of nitrogens with one attached hydrogen (secondary N) is 2. The molecule has 3 N–H and O–H groups in total. The molecule has 2 aromatic carbocycles. The van der Waals surface area contributed by atoms with Crippen LogP contribution in [-0.2, 0) is 14.3 Å². The van der Waals surface area contributed by atoms with Crippen LogP contribution in [0.25, 0.3) is 11.1 Å². The maximum atomic E-state index is 12.9. The predicted molar refractivity (Wildman–Crippen MR) is 133 cm³/mol. The Labute approximate surface area is 206 Å². The minimum Gasteiger partial charge on any atom is -0.480 e. The first-order valence-corrected chi connectivity index (χ1v) is 12.3. The molecular formula is C28H34N2O5. The van der Waals surface area contributed by atoms with Gasteiger partial charge in [0.2, 0.25) is 5.91 Å². The molecule has 0 aliphatic heterocycles. The Balaban J connectivity index is 1.32. The van der Waals surface area contributed by atoms with Crippen molar-refractivity contribution < 1.29 is 24.2 Å². The van der Waals surface area contributed by atoms with Crippen LogP contribution >= 0.6 is 0 Å². The van der Waals surface area contributed by atoms with E-state index >= 15 is 0 Å². The van der Waals surface area contributed by atoms with E-state index in [9.17, 15) is 19.5 Å². The zero-order valence-corrected chi connectivity index (χ0v) is 20.5. The van der Waals surface area contributed by atoms with E-state index in [0.717, 1.165) is 24.0 Å². The molecule has 2 unspecified atom stereocenters. The summed E-state index contributed by atoms with van der Waals surface area (Å²) in [5, 5.41) is 15.1. The fourth-order valence-corrected chi connectivity index (χ4v) is 5.39. The highest BCUT2D eigenvalue weighted by Crippen LogP contribution is 2.44. The number of benzene rings is 2. The van der Waals surface area contributed by atoms with Crippen LogP contribution in [0.15, 0.2) is 48.5 Å². The van der Waals surface area contributed by atoms with Gasteiger partial charge in [-0.25, -0.2) is 9.59 Å². The third-order valence-electron chi connectivity index (χ3n) is 7.25.